The van der Waals surface area contributed by atoms with Gasteiger partial charge in [-0.05, 0) is 72.6 Å². The van der Waals surface area contributed by atoms with Crippen LogP contribution in [-0.4, -0.2) is 46.5 Å². The van der Waals surface area contributed by atoms with Crippen molar-refractivity contribution in [3.05, 3.63) is 95.1 Å². The van der Waals surface area contributed by atoms with E-state index < -0.39 is 11.9 Å². The molecule has 2 heterocycles. The average molecular weight is 893 g/mol. The van der Waals surface area contributed by atoms with Crippen LogP contribution < -0.4 is 0 Å². The first kappa shape index (κ1) is 41.3. The third-order valence-electron chi connectivity index (χ3n) is 15.3. The normalized spacial score (nSPS) is 27.6. The van der Waals surface area contributed by atoms with E-state index in [9.17, 15) is 28.8 Å². The van der Waals surface area contributed by atoms with Crippen LogP contribution in [0.4, 0.5) is 10.0 Å². The highest BCUT2D eigenvalue weighted by Crippen LogP contribution is 2.52. The number of thiophene rings is 2. The fourth-order valence-corrected chi connectivity index (χ4v) is 14.3. The molecule has 64 heavy (non-hydrogen) atoms. The van der Waals surface area contributed by atoms with Crippen molar-refractivity contribution in [3.63, 3.8) is 0 Å². The van der Waals surface area contributed by atoms with Gasteiger partial charge in [-0.3, -0.25) is 19.2 Å². The van der Waals surface area contributed by atoms with Crippen molar-refractivity contribution in [1.82, 2.24) is 0 Å². The van der Waals surface area contributed by atoms with Gasteiger partial charge in [0, 0.05) is 34.4 Å². The summed E-state index contributed by atoms with van der Waals surface area (Å²) in [5.74, 6) is -1.90. The molecule has 5 aromatic rings. The Morgan fingerprint density at radius 3 is 1.16 bits per heavy atom. The molecule has 8 atom stereocenters. The molecule has 6 aliphatic carbocycles. The molecule has 326 valence electrons. The van der Waals surface area contributed by atoms with Crippen LogP contribution in [0.15, 0.2) is 82.8 Å². The van der Waals surface area contributed by atoms with Crippen molar-refractivity contribution in [3.8, 4) is 0 Å². The van der Waals surface area contributed by atoms with E-state index in [-0.39, 0.29) is 82.6 Å². The van der Waals surface area contributed by atoms with Gasteiger partial charge >= 0.3 is 11.9 Å². The minimum absolute atomic E-state index is 0.0229. The standard InChI is InChI=1S/C52H48N2O8S2/c55-45-33-19-29-15-7-8-16-30(29)20-34(33)46(56)43(45)53-39-23-37-41(51(59)61-25-27-11-3-1-4-12-27)49-38(42(50(37)64-39)52(60)62-26-28-13-5-2-6-14-28)24-40(63-49)54-44-47(57)35-21-31-17-9-10-18-32(31)22-36(35)48(44)58/h1-6,11-14,23-24,29-36H,7-10,15-22,25-26H2. The number of benzene rings is 3. The largest absolute Gasteiger partial charge is 0.457 e. The monoisotopic (exact) mass is 892 g/mol. The van der Waals surface area contributed by atoms with Crippen LogP contribution in [0.25, 0.3) is 20.2 Å². The van der Waals surface area contributed by atoms with E-state index in [0.717, 1.165) is 85.2 Å². The van der Waals surface area contributed by atoms with E-state index in [1.54, 1.807) is 12.1 Å². The molecule has 0 aliphatic heterocycles. The zero-order chi connectivity index (χ0) is 43.6. The van der Waals surface area contributed by atoms with Gasteiger partial charge in [-0.25, -0.2) is 19.6 Å². The number of aliphatic imine (C=N–C) groups is 2. The number of Topliss-reactive ketones (excluding diaryl/α,β-unsaturated/α-hetero) is 4. The Kier molecular flexibility index (Phi) is 10.9. The van der Waals surface area contributed by atoms with Crippen LogP contribution in [0.3, 0.4) is 0 Å². The summed E-state index contributed by atoms with van der Waals surface area (Å²) in [7, 11) is 0. The van der Waals surface area contributed by atoms with E-state index >= 15 is 0 Å². The van der Waals surface area contributed by atoms with Gasteiger partial charge < -0.3 is 9.47 Å². The molecule has 6 aliphatic rings. The maximum Gasteiger partial charge on any atom is 0.340 e. The van der Waals surface area contributed by atoms with E-state index in [0.29, 0.717) is 79.5 Å². The van der Waals surface area contributed by atoms with Crippen molar-refractivity contribution in [2.24, 2.45) is 57.3 Å². The van der Waals surface area contributed by atoms with Gasteiger partial charge in [0.2, 0.25) is 0 Å². The van der Waals surface area contributed by atoms with Crippen molar-refractivity contribution >= 4 is 99.3 Å². The molecule has 11 rings (SSSR count). The second-order valence-corrected chi connectivity index (χ2v) is 20.9. The summed E-state index contributed by atoms with van der Waals surface area (Å²) in [4.78, 5) is 94.6. The first-order valence-corrected chi connectivity index (χ1v) is 24.6. The van der Waals surface area contributed by atoms with Crippen molar-refractivity contribution < 1.29 is 38.2 Å². The Hall–Kier alpha value is -5.46. The molecule has 12 heteroatoms. The van der Waals surface area contributed by atoms with Gasteiger partial charge in [0.15, 0.2) is 34.6 Å². The number of ether oxygens (including phenoxy) is 2. The fraction of sp³-hybridized carbons (Fsp3) is 0.423. The molecule has 0 spiro atoms. The minimum Gasteiger partial charge on any atom is -0.457 e. The van der Waals surface area contributed by atoms with E-state index in [4.69, 9.17) is 19.5 Å². The Labute approximate surface area is 378 Å². The third-order valence-corrected chi connectivity index (χ3v) is 17.4. The third kappa shape index (κ3) is 7.30. The molecule has 10 nitrogen and oxygen atoms in total. The number of hydrogen-bond acceptors (Lipinski definition) is 12. The molecular weight excluding hydrogens is 845 g/mol. The van der Waals surface area contributed by atoms with Crippen LogP contribution >= 0.6 is 22.7 Å². The molecule has 0 amide bonds. The molecule has 8 unspecified atom stereocenters. The Morgan fingerprint density at radius 1 is 0.500 bits per heavy atom. The topological polar surface area (TPSA) is 146 Å². The lowest BCUT2D eigenvalue weighted by Gasteiger charge is -2.39. The zero-order valence-electron chi connectivity index (χ0n) is 35.4. The summed E-state index contributed by atoms with van der Waals surface area (Å²) < 4.78 is 12.7. The number of ketones is 4. The molecule has 3 aromatic carbocycles. The second kappa shape index (κ2) is 16.8. The highest BCUT2D eigenvalue weighted by Gasteiger charge is 2.53. The van der Waals surface area contributed by atoms with Crippen molar-refractivity contribution in [2.45, 2.75) is 90.3 Å². The highest BCUT2D eigenvalue weighted by atomic mass is 32.1. The van der Waals surface area contributed by atoms with Gasteiger partial charge in [-0.1, -0.05) is 112 Å². The molecule has 0 saturated heterocycles. The molecule has 2 aromatic heterocycles. The van der Waals surface area contributed by atoms with Gasteiger partial charge in [0.25, 0.3) is 0 Å². The van der Waals surface area contributed by atoms with Crippen molar-refractivity contribution in [1.29, 1.82) is 0 Å². The number of nitrogens with zero attached hydrogens (tertiary/aromatic N) is 2. The average Bonchev–Trinajstić information content (AvgIpc) is 4.05. The SMILES string of the molecule is O=C(OCc1ccccc1)c1c2cc(N=C3C(=O)C4CC5CCCCC5CC4C3=O)sc2c(C(=O)OCc2ccccc2)c2cc(N=C3C(=O)C4CC5CCCCC5CC4C3=O)sc12. The van der Waals surface area contributed by atoms with E-state index in [2.05, 4.69) is 0 Å². The van der Waals surface area contributed by atoms with Crippen LogP contribution in [0, 0.1) is 47.3 Å². The lowest BCUT2D eigenvalue weighted by molar-refractivity contribution is -0.123. The maximum absolute atomic E-state index is 14.5. The number of rotatable bonds is 8. The van der Waals surface area contributed by atoms with Gasteiger partial charge in [-0.2, -0.15) is 0 Å². The summed E-state index contributed by atoms with van der Waals surface area (Å²) in [5.41, 5.74) is 1.74. The Morgan fingerprint density at radius 2 is 0.828 bits per heavy atom. The summed E-state index contributed by atoms with van der Waals surface area (Å²) in [6.07, 6.45) is 11.8. The zero-order valence-corrected chi connectivity index (χ0v) is 37.1. The minimum atomic E-state index is -0.663. The van der Waals surface area contributed by atoms with Crippen LogP contribution in [0.2, 0.25) is 0 Å². The lowest BCUT2D eigenvalue weighted by Crippen LogP contribution is -2.35. The smallest absolute Gasteiger partial charge is 0.340 e. The Bertz CT molecular complexity index is 2510. The maximum atomic E-state index is 14.5. The first-order chi connectivity index (χ1) is 31.2. The quantitative estimate of drug-likeness (QED) is 0.140. The fourth-order valence-electron chi connectivity index (χ4n) is 12.2. The highest BCUT2D eigenvalue weighted by molar-refractivity contribution is 7.25. The number of carbonyl (C=O) groups is 6. The summed E-state index contributed by atoms with van der Waals surface area (Å²) >= 11 is 2.21. The number of fused-ring (bicyclic) bond motifs is 6. The van der Waals surface area contributed by atoms with Crippen LogP contribution in [-0.2, 0) is 41.9 Å². The molecule has 6 saturated carbocycles. The number of carbonyl (C=O) groups excluding carboxylic acids is 6. The van der Waals surface area contributed by atoms with E-state index in [1.807, 2.05) is 60.7 Å². The number of hydrogen-bond donors (Lipinski definition) is 0. The molecular formula is C52H48N2O8S2. The van der Waals surface area contributed by atoms with Crippen molar-refractivity contribution in [2.75, 3.05) is 0 Å². The predicted molar refractivity (Wildman–Crippen MR) is 246 cm³/mol. The summed E-state index contributed by atoms with van der Waals surface area (Å²) in [5, 5.41) is 1.32. The molecule has 6 fully saturated rings. The predicted octanol–water partition coefficient (Wildman–Crippen LogP) is 10.9. The van der Waals surface area contributed by atoms with Crippen LogP contribution in [0.5, 0.6) is 0 Å². The van der Waals surface area contributed by atoms with Crippen LogP contribution in [0.1, 0.15) is 109 Å². The molecule has 0 bridgehead atoms. The van der Waals surface area contributed by atoms with E-state index in [1.165, 1.54) is 0 Å². The lowest BCUT2D eigenvalue weighted by atomic mass is 9.64. The van der Waals surface area contributed by atoms with Gasteiger partial charge in [-0.15, -0.1) is 22.7 Å². The molecule has 0 N–H and O–H groups in total. The first-order valence-electron chi connectivity index (χ1n) is 23.0. The van der Waals surface area contributed by atoms with Gasteiger partial charge in [0.05, 0.1) is 20.5 Å². The molecule has 0 radical (unpaired) electrons. The summed E-state index contributed by atoms with van der Waals surface area (Å²) in [6, 6.07) is 21.9. The second-order valence-electron chi connectivity index (χ2n) is 18.9. The summed E-state index contributed by atoms with van der Waals surface area (Å²) in [6.45, 7) is -0.0458. The Balaban J connectivity index is 1.03. The van der Waals surface area contributed by atoms with Gasteiger partial charge in [0.1, 0.15) is 23.2 Å². The number of esters is 2.